The van der Waals surface area contributed by atoms with Gasteiger partial charge in [-0.2, -0.15) is 0 Å². The highest BCUT2D eigenvalue weighted by Crippen LogP contribution is 2.10. The van der Waals surface area contributed by atoms with Gasteiger partial charge in [-0.3, -0.25) is 4.79 Å². The average molecular weight is 378 g/mol. The van der Waals surface area contributed by atoms with E-state index in [1.807, 2.05) is 37.3 Å². The van der Waals surface area contributed by atoms with Crippen molar-refractivity contribution in [3.8, 4) is 0 Å². The molecule has 3 aromatic rings. The third kappa shape index (κ3) is 5.36. The lowest BCUT2D eigenvalue weighted by molar-refractivity contribution is 0.0751. The van der Waals surface area contributed by atoms with Crippen LogP contribution < -0.4 is 5.32 Å². The zero-order valence-electron chi connectivity index (χ0n) is 15.8. The van der Waals surface area contributed by atoms with Crippen LogP contribution in [0.2, 0.25) is 0 Å². The molecule has 6 heteroatoms. The zero-order chi connectivity index (χ0) is 19.8. The predicted octanol–water partition coefficient (Wildman–Crippen LogP) is 3.93. The summed E-state index contributed by atoms with van der Waals surface area (Å²) in [5.41, 5.74) is 2.57. The van der Waals surface area contributed by atoms with Gasteiger partial charge in [0.2, 0.25) is 5.95 Å². The van der Waals surface area contributed by atoms with E-state index in [0.717, 1.165) is 17.5 Å². The van der Waals surface area contributed by atoms with Gasteiger partial charge in [-0.15, -0.1) is 0 Å². The van der Waals surface area contributed by atoms with Crippen LogP contribution in [0.1, 0.15) is 28.4 Å². The molecule has 3 rings (SSSR count). The van der Waals surface area contributed by atoms with Crippen molar-refractivity contribution in [3.05, 3.63) is 89.5 Å². The number of rotatable bonds is 8. The number of anilines is 1. The van der Waals surface area contributed by atoms with Gasteiger partial charge in [-0.25, -0.2) is 14.4 Å². The van der Waals surface area contributed by atoms with E-state index in [1.165, 1.54) is 12.1 Å². The first-order valence-electron chi connectivity index (χ1n) is 9.29. The van der Waals surface area contributed by atoms with Crippen LogP contribution in [-0.4, -0.2) is 33.9 Å². The number of aromatic nitrogens is 2. The Balaban J connectivity index is 1.55. The van der Waals surface area contributed by atoms with E-state index in [9.17, 15) is 9.18 Å². The monoisotopic (exact) mass is 378 g/mol. The van der Waals surface area contributed by atoms with Gasteiger partial charge in [0.15, 0.2) is 0 Å². The average Bonchev–Trinajstić information content (AvgIpc) is 2.74. The number of hydrogen-bond donors (Lipinski definition) is 1. The summed E-state index contributed by atoms with van der Waals surface area (Å²) < 4.78 is 12.9. The van der Waals surface area contributed by atoms with Gasteiger partial charge in [-0.05, 0) is 36.6 Å². The molecule has 1 aromatic heterocycles. The number of nitrogens with zero attached hydrogens (tertiary/aromatic N) is 3. The van der Waals surface area contributed by atoms with Gasteiger partial charge in [0.05, 0.1) is 5.56 Å². The molecule has 2 aromatic carbocycles. The predicted molar refractivity (Wildman–Crippen MR) is 107 cm³/mol. The van der Waals surface area contributed by atoms with Crippen molar-refractivity contribution in [2.75, 3.05) is 18.4 Å². The maximum absolute atomic E-state index is 12.9. The number of hydrogen-bond acceptors (Lipinski definition) is 4. The van der Waals surface area contributed by atoms with E-state index in [4.69, 9.17) is 0 Å². The minimum absolute atomic E-state index is 0.0933. The van der Waals surface area contributed by atoms with Crippen LogP contribution in [0, 0.1) is 5.82 Å². The van der Waals surface area contributed by atoms with Crippen LogP contribution in [0.3, 0.4) is 0 Å². The van der Waals surface area contributed by atoms with E-state index in [0.29, 0.717) is 31.1 Å². The molecule has 1 amide bonds. The minimum Gasteiger partial charge on any atom is -0.354 e. The van der Waals surface area contributed by atoms with Gasteiger partial charge in [0.1, 0.15) is 5.82 Å². The zero-order valence-corrected chi connectivity index (χ0v) is 15.8. The van der Waals surface area contributed by atoms with E-state index in [2.05, 4.69) is 15.3 Å². The van der Waals surface area contributed by atoms with Crippen molar-refractivity contribution in [2.24, 2.45) is 0 Å². The Hall–Kier alpha value is -3.28. The summed E-state index contributed by atoms with van der Waals surface area (Å²) in [4.78, 5) is 23.0. The molecule has 1 heterocycles. The van der Waals surface area contributed by atoms with Crippen LogP contribution >= 0.6 is 0 Å². The fraction of sp³-hybridized carbons (Fsp3) is 0.227. The Labute approximate surface area is 164 Å². The second kappa shape index (κ2) is 9.60. The summed E-state index contributed by atoms with van der Waals surface area (Å²) in [6.45, 7) is 3.72. The van der Waals surface area contributed by atoms with Gasteiger partial charge >= 0.3 is 0 Å². The number of halogens is 1. The minimum atomic E-state index is -0.242. The first-order valence-corrected chi connectivity index (χ1v) is 9.29. The van der Waals surface area contributed by atoms with E-state index >= 15 is 0 Å². The molecule has 28 heavy (non-hydrogen) atoms. The molecule has 0 fully saturated rings. The third-order valence-electron chi connectivity index (χ3n) is 4.39. The normalized spacial score (nSPS) is 10.5. The quantitative estimate of drug-likeness (QED) is 0.645. The van der Waals surface area contributed by atoms with Crippen molar-refractivity contribution in [1.29, 1.82) is 0 Å². The van der Waals surface area contributed by atoms with Crippen LogP contribution in [0.25, 0.3) is 0 Å². The lowest BCUT2D eigenvalue weighted by Gasteiger charge is -2.20. The second-order valence-corrected chi connectivity index (χ2v) is 6.40. The lowest BCUT2D eigenvalue weighted by atomic mass is 10.1. The topological polar surface area (TPSA) is 58.1 Å². The molecule has 0 bridgehead atoms. The Kier molecular flexibility index (Phi) is 6.68. The molecule has 0 unspecified atom stereocenters. The molecule has 0 aliphatic carbocycles. The van der Waals surface area contributed by atoms with Crippen molar-refractivity contribution >= 4 is 11.9 Å². The number of amides is 1. The first kappa shape index (κ1) is 19.5. The van der Waals surface area contributed by atoms with Gasteiger partial charge < -0.3 is 10.2 Å². The maximum Gasteiger partial charge on any atom is 0.257 e. The Morgan fingerprint density at radius 1 is 1.00 bits per heavy atom. The summed E-state index contributed by atoms with van der Waals surface area (Å²) in [5, 5.41) is 3.12. The molecule has 0 atom stereocenters. The summed E-state index contributed by atoms with van der Waals surface area (Å²) in [6.07, 6.45) is 3.82. The largest absolute Gasteiger partial charge is 0.354 e. The molecule has 0 spiro atoms. The number of carbonyl (C=O) groups excluding carboxylic acids is 1. The molecule has 5 nitrogen and oxygen atoms in total. The van der Waals surface area contributed by atoms with E-state index < -0.39 is 0 Å². The molecule has 1 N–H and O–H groups in total. The third-order valence-corrected chi connectivity index (χ3v) is 4.39. The summed E-state index contributed by atoms with van der Waals surface area (Å²) in [7, 11) is 0. The first-order chi connectivity index (χ1) is 13.7. The molecule has 0 radical (unpaired) electrons. The van der Waals surface area contributed by atoms with E-state index in [-0.39, 0.29) is 11.7 Å². The number of nitrogens with one attached hydrogen (secondary N) is 1. The highest BCUT2D eigenvalue weighted by molar-refractivity contribution is 5.93. The summed E-state index contributed by atoms with van der Waals surface area (Å²) >= 11 is 0. The smallest absolute Gasteiger partial charge is 0.257 e. The van der Waals surface area contributed by atoms with Crippen molar-refractivity contribution in [3.63, 3.8) is 0 Å². The Morgan fingerprint density at radius 3 is 2.32 bits per heavy atom. The van der Waals surface area contributed by atoms with Crippen LogP contribution in [-0.2, 0) is 13.0 Å². The van der Waals surface area contributed by atoms with Crippen LogP contribution in [0.5, 0.6) is 0 Å². The van der Waals surface area contributed by atoms with Crippen molar-refractivity contribution < 1.29 is 9.18 Å². The number of carbonyl (C=O) groups is 1. The summed E-state index contributed by atoms with van der Waals surface area (Å²) in [6, 6.07) is 16.3. The molecule has 0 aliphatic rings. The van der Waals surface area contributed by atoms with Crippen molar-refractivity contribution in [1.82, 2.24) is 14.9 Å². The lowest BCUT2D eigenvalue weighted by Crippen LogP contribution is -2.30. The Bertz CT molecular complexity index is 883. The van der Waals surface area contributed by atoms with Gasteiger partial charge in [0.25, 0.3) is 5.91 Å². The molecule has 0 aliphatic heterocycles. The maximum atomic E-state index is 12.9. The molecule has 0 saturated heterocycles. The standard InChI is InChI=1S/C22H23FN4O/c1-2-27(16-18-6-4-3-5-7-18)21(28)19-14-25-22(26-15-19)24-13-12-17-8-10-20(23)11-9-17/h3-11,14-15H,2,12-13,16H2,1H3,(H,24,25,26). The highest BCUT2D eigenvalue weighted by atomic mass is 19.1. The van der Waals surface area contributed by atoms with Crippen molar-refractivity contribution in [2.45, 2.75) is 19.9 Å². The summed E-state index contributed by atoms with van der Waals surface area (Å²) in [5.74, 6) is 0.127. The van der Waals surface area contributed by atoms with Gasteiger partial charge in [-0.1, -0.05) is 42.5 Å². The van der Waals surface area contributed by atoms with Crippen LogP contribution in [0.4, 0.5) is 10.3 Å². The van der Waals surface area contributed by atoms with Gasteiger partial charge in [0, 0.05) is 32.0 Å². The fourth-order valence-electron chi connectivity index (χ4n) is 2.81. The Morgan fingerprint density at radius 2 is 1.68 bits per heavy atom. The second-order valence-electron chi connectivity index (χ2n) is 6.40. The molecule has 144 valence electrons. The molecule has 0 saturated carbocycles. The fourth-order valence-corrected chi connectivity index (χ4v) is 2.81. The molecular weight excluding hydrogens is 355 g/mol. The SMILES string of the molecule is CCN(Cc1ccccc1)C(=O)c1cnc(NCCc2ccc(F)cc2)nc1. The van der Waals surface area contributed by atoms with E-state index in [1.54, 1.807) is 29.4 Å². The highest BCUT2D eigenvalue weighted by Gasteiger charge is 2.15. The number of benzene rings is 2. The van der Waals surface area contributed by atoms with Crippen LogP contribution in [0.15, 0.2) is 67.0 Å². The molecular formula is C22H23FN4O.